The van der Waals surface area contributed by atoms with Crippen LogP contribution in [0.2, 0.25) is 0 Å². The van der Waals surface area contributed by atoms with Gasteiger partial charge in [0.1, 0.15) is 57.0 Å². The maximum Gasteiger partial charge on any atom is 0.136 e. The minimum atomic E-state index is -0.896. The molecule has 0 saturated carbocycles. The quantitative estimate of drug-likeness (QED) is 0.0804. The Labute approximate surface area is 704 Å². The molecule has 0 saturated heterocycles. The van der Waals surface area contributed by atoms with Crippen molar-refractivity contribution in [2.75, 3.05) is 9.80 Å². The van der Waals surface area contributed by atoms with E-state index >= 15 is 8.78 Å². The SMILES string of the molecule is C=Cc1ccc(Oc2ccc(C3(c4ccc(F)cc4)c4ccccc4-c4ccc(N(c5ccc(-c6ccc(N(c7ccc(-c8cccc9oc%10ccccc%10c89)cc7)c7ccc8c(c7)C(c7ccc(F)cc7)(c7ccc(Oc9ccc(C=C)cc9)cc7)c7ccccc7-8)cc6)cc5)c5ccc(-c6cccc7oc8ccccc8c67)cc5)cc43)cc2)cc1. The predicted molar refractivity (Wildman–Crippen MR) is 494 cm³/mol. The summed E-state index contributed by atoms with van der Waals surface area (Å²) in [6.45, 7) is 7.87. The highest BCUT2D eigenvalue weighted by Crippen LogP contribution is 2.60. The molecule has 2 aliphatic carbocycles. The van der Waals surface area contributed by atoms with Crippen LogP contribution in [0.5, 0.6) is 23.0 Å². The molecule has 2 aliphatic rings. The lowest BCUT2D eigenvalue weighted by Gasteiger charge is -2.35. The lowest BCUT2D eigenvalue weighted by atomic mass is 9.67. The second-order valence-corrected chi connectivity index (χ2v) is 31.3. The summed E-state index contributed by atoms with van der Waals surface area (Å²) in [4.78, 5) is 4.68. The molecule has 2 atom stereocenters. The monoisotopic (exact) mass is 1570 g/mol. The van der Waals surface area contributed by atoms with Gasteiger partial charge in [-0.2, -0.15) is 0 Å². The van der Waals surface area contributed by atoms with E-state index in [-0.39, 0.29) is 11.6 Å². The largest absolute Gasteiger partial charge is 0.457 e. The van der Waals surface area contributed by atoms with E-state index in [4.69, 9.17) is 18.3 Å². The van der Waals surface area contributed by atoms with Gasteiger partial charge in [-0.1, -0.05) is 268 Å². The van der Waals surface area contributed by atoms with Crippen LogP contribution in [0.25, 0.3) is 112 Å². The molecular formula is C114H74F2N2O4. The third-order valence-corrected chi connectivity index (χ3v) is 24.7. The van der Waals surface area contributed by atoms with Gasteiger partial charge in [0.2, 0.25) is 0 Å². The van der Waals surface area contributed by atoms with Crippen LogP contribution in [0.3, 0.4) is 0 Å². The number of benzene rings is 18. The number of ether oxygens (including phenoxy) is 2. The normalized spacial score (nSPS) is 14.3. The van der Waals surface area contributed by atoms with E-state index in [9.17, 15) is 0 Å². The van der Waals surface area contributed by atoms with E-state index in [0.29, 0.717) is 23.0 Å². The van der Waals surface area contributed by atoms with Crippen LogP contribution >= 0.6 is 0 Å². The van der Waals surface area contributed by atoms with Gasteiger partial charge in [0.15, 0.2) is 0 Å². The minimum absolute atomic E-state index is 0.313. The number of anilines is 6. The minimum Gasteiger partial charge on any atom is -0.457 e. The van der Waals surface area contributed by atoms with E-state index in [1.165, 1.54) is 0 Å². The zero-order chi connectivity index (χ0) is 81.6. The molecule has 122 heavy (non-hydrogen) atoms. The Morgan fingerprint density at radius 2 is 0.533 bits per heavy atom. The molecule has 0 fully saturated rings. The van der Waals surface area contributed by atoms with Gasteiger partial charge in [0, 0.05) is 55.7 Å². The van der Waals surface area contributed by atoms with Crippen LogP contribution in [0.15, 0.2) is 435 Å². The first-order valence-corrected chi connectivity index (χ1v) is 41.0. The smallest absolute Gasteiger partial charge is 0.136 e. The van der Waals surface area contributed by atoms with Gasteiger partial charge in [0.05, 0.1) is 10.8 Å². The zero-order valence-electron chi connectivity index (χ0n) is 66.1. The van der Waals surface area contributed by atoms with E-state index in [2.05, 4.69) is 278 Å². The van der Waals surface area contributed by atoms with E-state index < -0.39 is 10.8 Å². The lowest BCUT2D eigenvalue weighted by molar-refractivity contribution is 0.482. The number of furan rings is 2. The summed E-state index contributed by atoms with van der Waals surface area (Å²) in [6.07, 6.45) is 3.64. The molecule has 8 heteroatoms. The fourth-order valence-corrected chi connectivity index (χ4v) is 19.1. The van der Waals surface area contributed by atoms with E-state index in [1.807, 2.05) is 146 Å². The molecular weight excluding hydrogens is 1500 g/mol. The van der Waals surface area contributed by atoms with Crippen molar-refractivity contribution in [1.29, 1.82) is 0 Å². The van der Waals surface area contributed by atoms with Crippen molar-refractivity contribution in [3.05, 3.63) is 493 Å². The second kappa shape index (κ2) is 29.6. The molecule has 0 bridgehead atoms. The van der Waals surface area contributed by atoms with Gasteiger partial charge >= 0.3 is 0 Å². The van der Waals surface area contributed by atoms with Crippen molar-refractivity contribution >= 4 is 90.2 Å². The number of para-hydroxylation sites is 2. The molecule has 578 valence electrons. The zero-order valence-corrected chi connectivity index (χ0v) is 66.1. The Morgan fingerprint density at radius 3 is 0.893 bits per heavy atom. The standard InChI is InChI=1S/C114H74F2N2O4/c1-3-73-27-61-91(62-28-73)119-93-65-43-81(44-66-93)113(79-39-47-83(115)48-40-79)103-21-9-5-15-97(103)99-69-59-89(71-105(99)113)117(87-55-35-77(36-56-87)95-19-13-25-109-111(95)101-17-7-11-23-107(101)121-109)85-51-31-75(32-52-85)76-33-53-86(54-34-76)118(88-57-37-78(38-58-88)96-20-14-26-110-112(96)102-18-8-12-24-108(102)122-110)90-60-70-100-98-16-6-10-22-104(98)114(106(100)72-90,80-41-49-84(116)50-42-80)82-45-67-94(68-46-82)120-92-63-29-74(4-2)30-64-92/h3-72H,1-2H2. The topological polar surface area (TPSA) is 51.2 Å². The number of halogens is 2. The molecule has 0 N–H and O–H groups in total. The fraction of sp³-hybridized carbons (Fsp3) is 0.0175. The van der Waals surface area contributed by atoms with Gasteiger partial charge < -0.3 is 28.1 Å². The molecule has 0 radical (unpaired) electrons. The van der Waals surface area contributed by atoms with Crippen molar-refractivity contribution in [1.82, 2.24) is 0 Å². The second-order valence-electron chi connectivity index (χ2n) is 31.3. The van der Waals surface area contributed by atoms with Crippen LogP contribution in [0.4, 0.5) is 42.9 Å². The summed E-state index contributed by atoms with van der Waals surface area (Å²) >= 11 is 0. The molecule has 6 nitrogen and oxygen atoms in total. The molecule has 20 aromatic rings. The number of hydrogen-bond acceptors (Lipinski definition) is 6. The highest BCUT2D eigenvalue weighted by Gasteiger charge is 2.48. The Hall–Kier alpha value is -15.9. The van der Waals surface area contributed by atoms with Crippen LogP contribution in [0, 0.1) is 11.6 Å². The first-order valence-electron chi connectivity index (χ1n) is 41.0. The highest BCUT2D eigenvalue weighted by molar-refractivity contribution is 6.14. The lowest BCUT2D eigenvalue weighted by Crippen LogP contribution is -2.28. The Bertz CT molecular complexity index is 7000. The maximum absolute atomic E-state index is 15.4. The summed E-state index contributed by atoms with van der Waals surface area (Å²) in [5.74, 6) is 2.17. The summed E-state index contributed by atoms with van der Waals surface area (Å²) in [7, 11) is 0. The van der Waals surface area contributed by atoms with Gasteiger partial charge in [-0.3, -0.25) is 0 Å². The van der Waals surface area contributed by atoms with Gasteiger partial charge in [-0.15, -0.1) is 0 Å². The van der Waals surface area contributed by atoms with E-state index in [0.717, 1.165) is 189 Å². The van der Waals surface area contributed by atoms with Crippen LogP contribution in [-0.4, -0.2) is 0 Å². The van der Waals surface area contributed by atoms with Gasteiger partial charge in [-0.05, 0) is 281 Å². The third kappa shape index (κ3) is 12.1. The number of hydrogen-bond donors (Lipinski definition) is 0. The van der Waals surface area contributed by atoms with Crippen molar-refractivity contribution in [3.63, 3.8) is 0 Å². The van der Waals surface area contributed by atoms with E-state index in [1.54, 1.807) is 24.3 Å². The van der Waals surface area contributed by atoms with Crippen LogP contribution < -0.4 is 19.3 Å². The molecule has 2 aromatic heterocycles. The average molecular weight is 1570 g/mol. The number of nitrogens with zero attached hydrogens (tertiary/aromatic N) is 2. The Balaban J connectivity index is 0.667. The van der Waals surface area contributed by atoms with Crippen molar-refractivity contribution < 1.29 is 27.1 Å². The molecule has 2 heterocycles. The average Bonchev–Trinajstić information content (AvgIpc) is 1.53. The molecule has 0 amide bonds. The molecule has 2 unspecified atom stereocenters. The van der Waals surface area contributed by atoms with Crippen LogP contribution in [0.1, 0.15) is 55.6 Å². The molecule has 0 spiro atoms. The molecule has 0 aliphatic heterocycles. The molecule has 18 aromatic carbocycles. The summed E-state index contributed by atoms with van der Waals surface area (Å²) in [6, 6.07) is 142. The van der Waals surface area contributed by atoms with Gasteiger partial charge in [0.25, 0.3) is 0 Å². The highest BCUT2D eigenvalue weighted by atomic mass is 19.1. The molecule has 22 rings (SSSR count). The maximum atomic E-state index is 15.4. The number of fused-ring (bicyclic) bond motifs is 12. The third-order valence-electron chi connectivity index (χ3n) is 24.7. The fourth-order valence-electron chi connectivity index (χ4n) is 19.1. The van der Waals surface area contributed by atoms with Crippen LogP contribution in [-0.2, 0) is 10.8 Å². The summed E-state index contributed by atoms with van der Waals surface area (Å²) in [5.41, 5.74) is 28.0. The Kier molecular flexibility index (Phi) is 17.6. The first-order chi connectivity index (χ1) is 60.1. The van der Waals surface area contributed by atoms with Crippen molar-refractivity contribution in [2.45, 2.75) is 10.8 Å². The van der Waals surface area contributed by atoms with Crippen molar-refractivity contribution in [3.8, 4) is 78.6 Å². The summed E-state index contributed by atoms with van der Waals surface area (Å²) in [5, 5.41) is 4.27. The predicted octanol–water partition coefficient (Wildman–Crippen LogP) is 31.3. The first kappa shape index (κ1) is 72.5. The van der Waals surface area contributed by atoms with Crippen molar-refractivity contribution in [2.24, 2.45) is 0 Å². The number of rotatable bonds is 19. The van der Waals surface area contributed by atoms with Gasteiger partial charge in [-0.25, -0.2) is 8.78 Å². The summed E-state index contributed by atoms with van der Waals surface area (Å²) < 4.78 is 56.7. The Morgan fingerprint density at radius 1 is 0.246 bits per heavy atom.